The lowest BCUT2D eigenvalue weighted by Gasteiger charge is -2.34. The van der Waals surface area contributed by atoms with Crippen LogP contribution >= 0.6 is 0 Å². The van der Waals surface area contributed by atoms with Gasteiger partial charge in [0.25, 0.3) is 0 Å². The van der Waals surface area contributed by atoms with Crippen LogP contribution in [-0.2, 0) is 0 Å². The Bertz CT molecular complexity index is 406. The molecule has 2 rings (SSSR count). The first-order valence-corrected chi connectivity index (χ1v) is 8.63. The minimum Gasteiger partial charge on any atom is -0.387 e. The van der Waals surface area contributed by atoms with E-state index in [1.807, 2.05) is 0 Å². The second kappa shape index (κ2) is 7.95. The van der Waals surface area contributed by atoms with Crippen molar-refractivity contribution < 1.29 is 5.11 Å². The highest BCUT2D eigenvalue weighted by atomic mass is 16.3. The number of aliphatic hydroxyl groups excluding tert-OH is 1. The molecule has 1 fully saturated rings. The molecule has 1 N–H and O–H groups in total. The Morgan fingerprint density at radius 2 is 1.62 bits per heavy atom. The van der Waals surface area contributed by atoms with Crippen LogP contribution in [0.25, 0.3) is 0 Å². The summed E-state index contributed by atoms with van der Waals surface area (Å²) in [6, 6.07) is 9.16. The molecular weight excluding hydrogens is 258 g/mol. The first-order chi connectivity index (χ1) is 10.1. The van der Waals surface area contributed by atoms with E-state index in [1.54, 1.807) is 0 Å². The maximum absolute atomic E-state index is 10.5. The predicted octanol–water partition coefficient (Wildman–Crippen LogP) is 4.50. The minimum absolute atomic E-state index is 0.368. The summed E-state index contributed by atoms with van der Waals surface area (Å²) in [7, 11) is 0. The van der Waals surface area contributed by atoms with Crippen molar-refractivity contribution in [1.82, 2.24) is 4.90 Å². The zero-order valence-electron chi connectivity index (χ0n) is 13.9. The number of rotatable bonds is 6. The van der Waals surface area contributed by atoms with Gasteiger partial charge in [-0.25, -0.2) is 0 Å². The molecule has 2 nitrogen and oxygen atoms in total. The standard InChI is InChI=1S/C19H31NO/c1-4-20(18-8-6-5-7-9-18)14-19(21)17-12-10-16(11-13-17)15(2)3/h10-13,15,18-19,21H,4-9,14H2,1-3H3. The van der Waals surface area contributed by atoms with Crippen molar-refractivity contribution in [1.29, 1.82) is 0 Å². The van der Waals surface area contributed by atoms with Crippen LogP contribution in [0.15, 0.2) is 24.3 Å². The molecular formula is C19H31NO. The van der Waals surface area contributed by atoms with Gasteiger partial charge in [0.05, 0.1) is 6.10 Å². The molecule has 1 aliphatic carbocycles. The molecule has 2 heteroatoms. The third kappa shape index (κ3) is 4.55. The van der Waals surface area contributed by atoms with Crippen molar-refractivity contribution in [2.75, 3.05) is 13.1 Å². The van der Waals surface area contributed by atoms with Gasteiger partial charge >= 0.3 is 0 Å². The zero-order chi connectivity index (χ0) is 15.2. The molecule has 1 unspecified atom stereocenters. The molecule has 1 saturated carbocycles. The number of likely N-dealkylation sites (N-methyl/N-ethyl adjacent to an activating group) is 1. The van der Waals surface area contributed by atoms with Crippen molar-refractivity contribution in [3.63, 3.8) is 0 Å². The molecule has 0 aromatic heterocycles. The molecule has 21 heavy (non-hydrogen) atoms. The summed E-state index contributed by atoms with van der Waals surface area (Å²) in [6.07, 6.45) is 6.31. The van der Waals surface area contributed by atoms with Crippen LogP contribution < -0.4 is 0 Å². The number of hydrogen-bond acceptors (Lipinski definition) is 2. The van der Waals surface area contributed by atoms with E-state index in [0.717, 1.165) is 18.7 Å². The molecule has 0 aliphatic heterocycles. The summed E-state index contributed by atoms with van der Waals surface area (Å²) in [4.78, 5) is 2.47. The summed E-state index contributed by atoms with van der Waals surface area (Å²) in [5.74, 6) is 0.547. The summed E-state index contributed by atoms with van der Waals surface area (Å²) in [6.45, 7) is 8.41. The van der Waals surface area contributed by atoms with Crippen LogP contribution in [0.3, 0.4) is 0 Å². The van der Waals surface area contributed by atoms with E-state index in [0.29, 0.717) is 12.0 Å². The van der Waals surface area contributed by atoms with E-state index in [1.165, 1.54) is 37.7 Å². The minimum atomic E-state index is -0.368. The number of nitrogens with zero attached hydrogens (tertiary/aromatic N) is 1. The van der Waals surface area contributed by atoms with Crippen molar-refractivity contribution in [3.8, 4) is 0 Å². The summed E-state index contributed by atoms with van der Waals surface area (Å²) in [5.41, 5.74) is 2.39. The van der Waals surface area contributed by atoms with Crippen molar-refractivity contribution in [3.05, 3.63) is 35.4 Å². The Labute approximate surface area is 130 Å². The number of benzene rings is 1. The Kier molecular flexibility index (Phi) is 6.25. The maximum atomic E-state index is 10.5. The third-order valence-corrected chi connectivity index (χ3v) is 4.89. The molecule has 0 spiro atoms. The highest BCUT2D eigenvalue weighted by Crippen LogP contribution is 2.25. The van der Waals surface area contributed by atoms with E-state index < -0.39 is 0 Å². The van der Waals surface area contributed by atoms with Crippen molar-refractivity contribution in [2.24, 2.45) is 0 Å². The van der Waals surface area contributed by atoms with Crippen LogP contribution in [0.1, 0.15) is 76.0 Å². The second-order valence-corrected chi connectivity index (χ2v) is 6.72. The molecule has 1 aliphatic rings. The van der Waals surface area contributed by atoms with Gasteiger partial charge in [-0.3, -0.25) is 4.90 Å². The maximum Gasteiger partial charge on any atom is 0.0917 e. The number of hydrogen-bond donors (Lipinski definition) is 1. The molecule has 1 atom stereocenters. The molecule has 1 aromatic carbocycles. The fourth-order valence-corrected chi connectivity index (χ4v) is 3.41. The van der Waals surface area contributed by atoms with Crippen LogP contribution in [0, 0.1) is 0 Å². The van der Waals surface area contributed by atoms with Crippen molar-refractivity contribution >= 4 is 0 Å². The average Bonchev–Trinajstić information content (AvgIpc) is 2.53. The smallest absolute Gasteiger partial charge is 0.0917 e. The van der Waals surface area contributed by atoms with Gasteiger partial charge in [0.2, 0.25) is 0 Å². The normalized spacial score (nSPS) is 18.4. The van der Waals surface area contributed by atoms with Crippen LogP contribution in [0.2, 0.25) is 0 Å². The molecule has 0 radical (unpaired) electrons. The quantitative estimate of drug-likeness (QED) is 0.833. The largest absolute Gasteiger partial charge is 0.387 e. The van der Waals surface area contributed by atoms with Crippen molar-refractivity contribution in [2.45, 2.75) is 70.9 Å². The van der Waals surface area contributed by atoms with Gasteiger partial charge in [-0.1, -0.05) is 64.3 Å². The summed E-state index contributed by atoms with van der Waals surface area (Å²) < 4.78 is 0. The van der Waals surface area contributed by atoms with E-state index in [9.17, 15) is 5.11 Å². The highest BCUT2D eigenvalue weighted by molar-refractivity contribution is 5.26. The van der Waals surface area contributed by atoms with Crippen LogP contribution in [-0.4, -0.2) is 29.1 Å². The molecule has 0 heterocycles. The van der Waals surface area contributed by atoms with E-state index in [4.69, 9.17) is 0 Å². The SMILES string of the molecule is CCN(CC(O)c1ccc(C(C)C)cc1)C1CCCCC1. The molecule has 0 bridgehead atoms. The molecule has 0 amide bonds. The van der Waals surface area contributed by atoms with Gasteiger partial charge in [0.1, 0.15) is 0 Å². The Morgan fingerprint density at radius 3 is 2.14 bits per heavy atom. The summed E-state index contributed by atoms with van der Waals surface area (Å²) in [5, 5.41) is 10.5. The predicted molar refractivity (Wildman–Crippen MR) is 89.6 cm³/mol. The molecule has 118 valence electrons. The fourth-order valence-electron chi connectivity index (χ4n) is 3.41. The topological polar surface area (TPSA) is 23.5 Å². The number of aliphatic hydroxyl groups is 1. The summed E-state index contributed by atoms with van der Waals surface area (Å²) >= 11 is 0. The van der Waals surface area contributed by atoms with Gasteiger partial charge in [0, 0.05) is 12.6 Å². The van der Waals surface area contributed by atoms with E-state index in [2.05, 4.69) is 49.9 Å². The van der Waals surface area contributed by atoms with Gasteiger partial charge in [-0.15, -0.1) is 0 Å². The lowest BCUT2D eigenvalue weighted by Crippen LogP contribution is -2.39. The van der Waals surface area contributed by atoms with Gasteiger partial charge < -0.3 is 5.11 Å². The average molecular weight is 289 g/mol. The molecule has 1 aromatic rings. The Balaban J connectivity index is 1.96. The van der Waals surface area contributed by atoms with Crippen LogP contribution in [0.5, 0.6) is 0 Å². The lowest BCUT2D eigenvalue weighted by atomic mass is 9.93. The second-order valence-electron chi connectivity index (χ2n) is 6.72. The van der Waals surface area contributed by atoms with Crippen LogP contribution in [0.4, 0.5) is 0 Å². The third-order valence-electron chi connectivity index (χ3n) is 4.89. The molecule has 0 saturated heterocycles. The Hall–Kier alpha value is -0.860. The van der Waals surface area contributed by atoms with E-state index >= 15 is 0 Å². The first kappa shape index (κ1) is 16.5. The highest BCUT2D eigenvalue weighted by Gasteiger charge is 2.22. The van der Waals surface area contributed by atoms with Gasteiger partial charge in [0.15, 0.2) is 0 Å². The fraction of sp³-hybridized carbons (Fsp3) is 0.684. The lowest BCUT2D eigenvalue weighted by molar-refractivity contribution is 0.0766. The van der Waals surface area contributed by atoms with E-state index in [-0.39, 0.29) is 6.10 Å². The first-order valence-electron chi connectivity index (χ1n) is 8.63. The monoisotopic (exact) mass is 289 g/mol. The van der Waals surface area contributed by atoms with Gasteiger partial charge in [-0.05, 0) is 36.4 Å². The Morgan fingerprint density at radius 1 is 1.05 bits per heavy atom. The zero-order valence-corrected chi connectivity index (χ0v) is 13.9. The van der Waals surface area contributed by atoms with Gasteiger partial charge in [-0.2, -0.15) is 0 Å².